The SMILES string of the molecule is C=C=C.CC.Cc1ccc2c(c1)CCc1ccccc1C2CCCCCCCN. The maximum atomic E-state index is 5.60. The third-order valence-electron chi connectivity index (χ3n) is 5.47. The normalized spacial score (nSPS) is 14.0. The van der Waals surface area contributed by atoms with Gasteiger partial charge < -0.3 is 5.73 Å². The lowest BCUT2D eigenvalue weighted by atomic mass is 9.84. The standard InChI is InChI=1S/C23H31N.C3H4.C2H6/c1-18-12-15-22-20(17-18)14-13-19-9-6-7-10-21(19)23(22)11-5-3-2-4-8-16-24;1-3-2;1-2/h6-7,9-10,12,15,17,23H,2-5,8,11,13-14,16,24H2,1H3;1-2H2;1-2H3. The molecule has 1 aliphatic rings. The van der Waals surface area contributed by atoms with E-state index in [4.69, 9.17) is 5.73 Å². The molecule has 2 N–H and O–H groups in total. The van der Waals surface area contributed by atoms with Crippen molar-refractivity contribution in [2.45, 2.75) is 78.1 Å². The van der Waals surface area contributed by atoms with Gasteiger partial charge in [0.15, 0.2) is 0 Å². The minimum Gasteiger partial charge on any atom is -0.330 e. The van der Waals surface area contributed by atoms with Gasteiger partial charge in [-0.05, 0) is 61.4 Å². The van der Waals surface area contributed by atoms with Crippen molar-refractivity contribution in [3.63, 3.8) is 0 Å². The summed E-state index contributed by atoms with van der Waals surface area (Å²) in [5.41, 5.74) is 15.5. The lowest BCUT2D eigenvalue weighted by molar-refractivity contribution is 0.573. The number of nitrogens with two attached hydrogens (primary N) is 1. The summed E-state index contributed by atoms with van der Waals surface area (Å²) in [4.78, 5) is 0. The van der Waals surface area contributed by atoms with Crippen molar-refractivity contribution in [2.75, 3.05) is 6.54 Å². The Morgan fingerprint density at radius 1 is 0.862 bits per heavy atom. The summed E-state index contributed by atoms with van der Waals surface area (Å²) >= 11 is 0. The smallest absolute Gasteiger partial charge is 0.00948 e. The lowest BCUT2D eigenvalue weighted by Crippen LogP contribution is -2.04. The number of aryl methyl sites for hydroxylation is 3. The van der Waals surface area contributed by atoms with E-state index in [1.807, 2.05) is 13.8 Å². The van der Waals surface area contributed by atoms with Crippen LogP contribution >= 0.6 is 0 Å². The molecule has 2 aromatic carbocycles. The first-order valence-electron chi connectivity index (χ1n) is 11.4. The molecule has 0 saturated carbocycles. The number of fused-ring (bicyclic) bond motifs is 2. The Morgan fingerprint density at radius 2 is 1.45 bits per heavy atom. The van der Waals surface area contributed by atoms with E-state index in [1.165, 1.54) is 56.9 Å². The monoisotopic (exact) mass is 391 g/mol. The van der Waals surface area contributed by atoms with Crippen LogP contribution in [0.5, 0.6) is 0 Å². The fourth-order valence-electron chi connectivity index (χ4n) is 4.16. The van der Waals surface area contributed by atoms with Gasteiger partial charge in [-0.3, -0.25) is 0 Å². The summed E-state index contributed by atoms with van der Waals surface area (Å²) in [7, 11) is 0. The first kappa shape index (κ1) is 25.0. The molecule has 1 nitrogen and oxygen atoms in total. The molecule has 29 heavy (non-hydrogen) atoms. The molecule has 1 unspecified atom stereocenters. The van der Waals surface area contributed by atoms with E-state index in [0.29, 0.717) is 5.92 Å². The van der Waals surface area contributed by atoms with Crippen molar-refractivity contribution in [3.8, 4) is 0 Å². The topological polar surface area (TPSA) is 26.0 Å². The molecule has 0 aromatic heterocycles. The Labute approximate surface area is 179 Å². The van der Waals surface area contributed by atoms with Gasteiger partial charge in [0, 0.05) is 5.92 Å². The minimum atomic E-state index is 0.578. The zero-order valence-electron chi connectivity index (χ0n) is 19.0. The molecular formula is C28H41N. The molecule has 0 bridgehead atoms. The Morgan fingerprint density at radius 3 is 2.17 bits per heavy atom. The molecule has 0 radical (unpaired) electrons. The number of hydrogen-bond donors (Lipinski definition) is 1. The van der Waals surface area contributed by atoms with E-state index in [0.717, 1.165) is 6.54 Å². The summed E-state index contributed by atoms with van der Waals surface area (Å²) in [5, 5.41) is 0. The van der Waals surface area contributed by atoms with E-state index in [-0.39, 0.29) is 0 Å². The third-order valence-corrected chi connectivity index (χ3v) is 5.47. The highest BCUT2D eigenvalue weighted by Crippen LogP contribution is 2.38. The highest BCUT2D eigenvalue weighted by atomic mass is 14.5. The van der Waals surface area contributed by atoms with Gasteiger partial charge in [-0.1, -0.05) is 101 Å². The summed E-state index contributed by atoms with van der Waals surface area (Å²) in [6.45, 7) is 13.3. The molecule has 0 fully saturated rings. The highest BCUT2D eigenvalue weighted by molar-refractivity contribution is 5.46. The second-order valence-electron chi connectivity index (χ2n) is 7.55. The minimum absolute atomic E-state index is 0.578. The van der Waals surface area contributed by atoms with Gasteiger partial charge in [-0.2, -0.15) is 0 Å². The quantitative estimate of drug-likeness (QED) is 0.383. The van der Waals surface area contributed by atoms with Crippen LogP contribution in [0.25, 0.3) is 0 Å². The van der Waals surface area contributed by atoms with Crippen molar-refractivity contribution < 1.29 is 0 Å². The molecule has 2 aromatic rings. The van der Waals surface area contributed by atoms with Crippen LogP contribution in [-0.4, -0.2) is 6.54 Å². The van der Waals surface area contributed by atoms with Crippen molar-refractivity contribution in [3.05, 3.63) is 89.2 Å². The molecule has 3 rings (SSSR count). The molecule has 1 heteroatoms. The predicted octanol–water partition coefficient (Wildman–Crippen LogP) is 7.51. The molecule has 0 aliphatic heterocycles. The zero-order valence-corrected chi connectivity index (χ0v) is 19.0. The number of benzene rings is 2. The van der Waals surface area contributed by atoms with Crippen molar-refractivity contribution >= 4 is 0 Å². The second kappa shape index (κ2) is 14.9. The highest BCUT2D eigenvalue weighted by Gasteiger charge is 2.22. The third kappa shape index (κ3) is 8.05. The zero-order chi connectivity index (χ0) is 21.5. The Hall–Kier alpha value is -2.08. The van der Waals surface area contributed by atoms with Gasteiger partial charge in [0.2, 0.25) is 0 Å². The van der Waals surface area contributed by atoms with Gasteiger partial charge >= 0.3 is 0 Å². The van der Waals surface area contributed by atoms with Crippen molar-refractivity contribution in [2.24, 2.45) is 5.73 Å². The Bertz CT molecular complexity index is 738. The van der Waals surface area contributed by atoms with Gasteiger partial charge in [-0.15, -0.1) is 5.73 Å². The Kier molecular flexibility index (Phi) is 12.8. The van der Waals surface area contributed by atoms with Crippen LogP contribution in [0.2, 0.25) is 0 Å². The van der Waals surface area contributed by atoms with Gasteiger partial charge in [0.25, 0.3) is 0 Å². The van der Waals surface area contributed by atoms with Crippen LogP contribution in [0.3, 0.4) is 0 Å². The molecule has 0 spiro atoms. The van der Waals surface area contributed by atoms with Gasteiger partial charge in [0.05, 0.1) is 0 Å². The fourth-order valence-corrected chi connectivity index (χ4v) is 4.16. The predicted molar refractivity (Wildman–Crippen MR) is 130 cm³/mol. The van der Waals surface area contributed by atoms with Crippen molar-refractivity contribution in [1.82, 2.24) is 0 Å². The van der Waals surface area contributed by atoms with Crippen LogP contribution in [0.1, 0.15) is 86.1 Å². The maximum Gasteiger partial charge on any atom is 0.00948 e. The average Bonchev–Trinajstić information content (AvgIpc) is 2.89. The second-order valence-corrected chi connectivity index (χ2v) is 7.55. The number of unbranched alkanes of at least 4 members (excludes halogenated alkanes) is 4. The van der Waals surface area contributed by atoms with Crippen LogP contribution < -0.4 is 5.73 Å². The largest absolute Gasteiger partial charge is 0.330 e. The number of hydrogen-bond acceptors (Lipinski definition) is 1. The summed E-state index contributed by atoms with van der Waals surface area (Å²) in [5.74, 6) is 0.578. The van der Waals surface area contributed by atoms with E-state index in [9.17, 15) is 0 Å². The molecule has 1 atom stereocenters. The summed E-state index contributed by atoms with van der Waals surface area (Å²) in [6, 6.07) is 16.2. The molecule has 0 heterocycles. The maximum absolute atomic E-state index is 5.60. The van der Waals surface area contributed by atoms with Gasteiger partial charge in [-0.25, -0.2) is 0 Å². The lowest BCUT2D eigenvalue weighted by Gasteiger charge is -2.21. The fraction of sp³-hybridized carbons (Fsp3) is 0.464. The van der Waals surface area contributed by atoms with E-state index in [2.05, 4.69) is 68.3 Å². The summed E-state index contributed by atoms with van der Waals surface area (Å²) in [6.07, 6.45) is 10.1. The number of rotatable bonds is 7. The van der Waals surface area contributed by atoms with Crippen LogP contribution in [0.15, 0.2) is 61.4 Å². The van der Waals surface area contributed by atoms with Gasteiger partial charge in [0.1, 0.15) is 0 Å². The molecule has 0 saturated heterocycles. The van der Waals surface area contributed by atoms with Crippen LogP contribution in [0, 0.1) is 6.92 Å². The molecule has 1 aliphatic carbocycles. The average molecular weight is 392 g/mol. The summed E-state index contributed by atoms with van der Waals surface area (Å²) < 4.78 is 0. The van der Waals surface area contributed by atoms with Crippen molar-refractivity contribution in [1.29, 1.82) is 0 Å². The first-order valence-corrected chi connectivity index (χ1v) is 11.4. The van der Waals surface area contributed by atoms with E-state index >= 15 is 0 Å². The molecular weight excluding hydrogens is 350 g/mol. The molecule has 0 amide bonds. The first-order chi connectivity index (χ1) is 14.2. The van der Waals surface area contributed by atoms with E-state index < -0.39 is 0 Å². The van der Waals surface area contributed by atoms with E-state index in [1.54, 1.807) is 22.3 Å². The van der Waals surface area contributed by atoms with Crippen LogP contribution in [0.4, 0.5) is 0 Å². The van der Waals surface area contributed by atoms with Crippen LogP contribution in [-0.2, 0) is 12.8 Å². The Balaban J connectivity index is 0.000000771. The molecule has 158 valence electrons.